The molecule has 0 unspecified atom stereocenters. The summed E-state index contributed by atoms with van der Waals surface area (Å²) in [4.78, 5) is 17.2. The normalized spacial score (nSPS) is 14.5. The zero-order chi connectivity index (χ0) is 22.6. The topological polar surface area (TPSA) is 29.5 Å². The fourth-order valence-corrected chi connectivity index (χ4v) is 5.85. The van der Waals surface area contributed by atoms with Gasteiger partial charge in [-0.3, -0.25) is 9.69 Å². The first-order valence-electron chi connectivity index (χ1n) is 11.8. The minimum Gasteiger partial charge on any atom is -0.492 e. The summed E-state index contributed by atoms with van der Waals surface area (Å²) in [5.74, 6) is 0.876. The highest BCUT2D eigenvalue weighted by Gasteiger charge is 2.21. The third-order valence-electron chi connectivity index (χ3n) is 6.35. The molecule has 0 bridgehead atoms. The molecule has 4 heteroatoms. The van der Waals surface area contributed by atoms with Crippen molar-refractivity contribution < 1.29 is 9.53 Å². The molecule has 2 heterocycles. The maximum Gasteiger partial charge on any atom is 0.195 e. The number of piperidine rings is 1. The molecule has 1 aromatic heterocycles. The van der Waals surface area contributed by atoms with Crippen LogP contribution in [-0.2, 0) is 0 Å². The van der Waals surface area contributed by atoms with E-state index < -0.39 is 0 Å². The largest absolute Gasteiger partial charge is 0.492 e. The van der Waals surface area contributed by atoms with Crippen molar-refractivity contribution in [3.8, 4) is 16.2 Å². The molecule has 3 nitrogen and oxygen atoms in total. The third kappa shape index (κ3) is 4.87. The number of hydrogen-bond acceptors (Lipinski definition) is 4. The second kappa shape index (κ2) is 9.90. The summed E-state index contributed by atoms with van der Waals surface area (Å²) in [6.45, 7) is 6.08. The van der Waals surface area contributed by atoms with Crippen LogP contribution in [0, 0.1) is 6.92 Å². The van der Waals surface area contributed by atoms with Crippen LogP contribution in [0.2, 0.25) is 0 Å². The van der Waals surface area contributed by atoms with Crippen LogP contribution in [0.5, 0.6) is 5.75 Å². The Kier molecular flexibility index (Phi) is 6.56. The molecule has 0 spiro atoms. The average Bonchev–Trinajstić information content (AvgIpc) is 3.24. The molecule has 0 aliphatic carbocycles. The van der Waals surface area contributed by atoms with Crippen molar-refractivity contribution in [2.45, 2.75) is 26.2 Å². The molecular formula is C29H29NO2S. The van der Waals surface area contributed by atoms with E-state index in [4.69, 9.17) is 4.74 Å². The summed E-state index contributed by atoms with van der Waals surface area (Å²) < 4.78 is 7.11. The highest BCUT2D eigenvalue weighted by molar-refractivity contribution is 7.22. The Bertz CT molecular complexity index is 1240. The lowest BCUT2D eigenvalue weighted by Crippen LogP contribution is -2.33. The number of aryl methyl sites for hydroxylation is 1. The van der Waals surface area contributed by atoms with E-state index >= 15 is 0 Å². The van der Waals surface area contributed by atoms with Crippen molar-refractivity contribution in [1.82, 2.24) is 4.90 Å². The lowest BCUT2D eigenvalue weighted by atomic mass is 9.97. The first kappa shape index (κ1) is 21.9. The molecule has 4 aromatic rings. The summed E-state index contributed by atoms with van der Waals surface area (Å²) >= 11 is 1.69. The number of likely N-dealkylation sites (tertiary alicyclic amines) is 1. The van der Waals surface area contributed by atoms with Crippen molar-refractivity contribution in [1.29, 1.82) is 0 Å². The molecule has 1 saturated heterocycles. The summed E-state index contributed by atoms with van der Waals surface area (Å²) in [6, 6.07) is 24.2. The lowest BCUT2D eigenvalue weighted by molar-refractivity contribution is 0.104. The zero-order valence-corrected chi connectivity index (χ0v) is 19.9. The fourth-order valence-electron chi connectivity index (χ4n) is 4.54. The van der Waals surface area contributed by atoms with Crippen LogP contribution in [0.4, 0.5) is 0 Å². The van der Waals surface area contributed by atoms with E-state index in [1.54, 1.807) is 11.3 Å². The second-order valence-corrected chi connectivity index (χ2v) is 9.83. The van der Waals surface area contributed by atoms with Crippen LogP contribution in [-0.4, -0.2) is 36.9 Å². The van der Waals surface area contributed by atoms with E-state index in [1.165, 1.54) is 37.9 Å². The lowest BCUT2D eigenvalue weighted by Gasteiger charge is -2.26. The van der Waals surface area contributed by atoms with Gasteiger partial charge in [0.05, 0.1) is 0 Å². The standard InChI is InChI=1S/C29H29NO2S/c1-21-10-15-25-26(20-21)33-29(23-8-4-2-5-9-23)27(25)28(31)22-11-13-24(14-12-22)32-19-18-30-16-6-3-7-17-30/h2,4-5,8-15,20H,3,6-7,16-19H2,1H3. The van der Waals surface area contributed by atoms with Gasteiger partial charge in [0.25, 0.3) is 0 Å². The number of rotatable bonds is 7. The van der Waals surface area contributed by atoms with Crippen molar-refractivity contribution in [3.05, 3.63) is 89.5 Å². The van der Waals surface area contributed by atoms with Crippen LogP contribution in [0.3, 0.4) is 0 Å². The van der Waals surface area contributed by atoms with Crippen molar-refractivity contribution in [2.24, 2.45) is 0 Å². The molecule has 3 aromatic carbocycles. The first-order valence-corrected chi connectivity index (χ1v) is 12.6. The monoisotopic (exact) mass is 455 g/mol. The molecule has 1 fully saturated rings. The summed E-state index contributed by atoms with van der Waals surface area (Å²) in [5, 5.41) is 1.02. The summed E-state index contributed by atoms with van der Waals surface area (Å²) in [7, 11) is 0. The maximum atomic E-state index is 13.7. The van der Waals surface area contributed by atoms with Crippen LogP contribution >= 0.6 is 11.3 Å². The SMILES string of the molecule is Cc1ccc2c(C(=O)c3ccc(OCCN4CCCCC4)cc3)c(-c3ccccc3)sc2c1. The van der Waals surface area contributed by atoms with Gasteiger partial charge >= 0.3 is 0 Å². The predicted molar refractivity (Wildman–Crippen MR) is 138 cm³/mol. The minimum atomic E-state index is 0.0591. The molecule has 5 rings (SSSR count). The third-order valence-corrected chi connectivity index (χ3v) is 7.55. The van der Waals surface area contributed by atoms with E-state index in [9.17, 15) is 4.79 Å². The van der Waals surface area contributed by atoms with Gasteiger partial charge in [0.2, 0.25) is 0 Å². The van der Waals surface area contributed by atoms with Gasteiger partial charge in [-0.25, -0.2) is 0 Å². The van der Waals surface area contributed by atoms with Gasteiger partial charge in [-0.15, -0.1) is 11.3 Å². The summed E-state index contributed by atoms with van der Waals surface area (Å²) in [5.41, 5.74) is 3.77. The molecule has 0 amide bonds. The molecule has 0 radical (unpaired) electrons. The van der Waals surface area contributed by atoms with Crippen molar-refractivity contribution in [3.63, 3.8) is 0 Å². The molecule has 1 aliphatic rings. The van der Waals surface area contributed by atoms with Gasteiger partial charge < -0.3 is 4.74 Å². The number of nitrogens with zero attached hydrogens (tertiary/aromatic N) is 1. The van der Waals surface area contributed by atoms with Crippen molar-refractivity contribution >= 4 is 27.2 Å². The quantitative estimate of drug-likeness (QED) is 0.282. The molecule has 0 atom stereocenters. The van der Waals surface area contributed by atoms with Gasteiger partial charge in [-0.05, 0) is 74.3 Å². The van der Waals surface area contributed by atoms with Crippen LogP contribution in [0.15, 0.2) is 72.8 Å². The predicted octanol–water partition coefficient (Wildman–Crippen LogP) is 6.97. The average molecular weight is 456 g/mol. The fraction of sp³-hybridized carbons (Fsp3) is 0.276. The molecular weight excluding hydrogens is 426 g/mol. The Hall–Kier alpha value is -2.95. The first-order chi connectivity index (χ1) is 16.2. The number of ketones is 1. The number of ether oxygens (including phenoxy) is 1. The van der Waals surface area contributed by atoms with E-state index in [0.29, 0.717) is 12.2 Å². The number of hydrogen-bond donors (Lipinski definition) is 0. The van der Waals surface area contributed by atoms with Gasteiger partial charge in [0, 0.05) is 32.6 Å². The highest BCUT2D eigenvalue weighted by atomic mass is 32.1. The minimum absolute atomic E-state index is 0.0591. The Morgan fingerprint density at radius 2 is 1.70 bits per heavy atom. The van der Waals surface area contributed by atoms with Crippen molar-refractivity contribution in [2.75, 3.05) is 26.2 Å². The Morgan fingerprint density at radius 3 is 2.45 bits per heavy atom. The highest BCUT2D eigenvalue weighted by Crippen LogP contribution is 2.40. The number of carbonyl (C=O) groups is 1. The second-order valence-electron chi connectivity index (χ2n) is 8.78. The van der Waals surface area contributed by atoms with E-state index in [2.05, 4.69) is 42.2 Å². The zero-order valence-electron chi connectivity index (χ0n) is 19.0. The number of fused-ring (bicyclic) bond motifs is 1. The Balaban J connectivity index is 1.38. The number of thiophene rings is 1. The van der Waals surface area contributed by atoms with Crippen LogP contribution in [0.25, 0.3) is 20.5 Å². The van der Waals surface area contributed by atoms with Gasteiger partial charge in [-0.2, -0.15) is 0 Å². The van der Waals surface area contributed by atoms with Gasteiger partial charge in [0.15, 0.2) is 5.78 Å². The van der Waals surface area contributed by atoms with Gasteiger partial charge in [-0.1, -0.05) is 48.9 Å². The number of carbonyl (C=O) groups excluding carboxylic acids is 1. The van der Waals surface area contributed by atoms with E-state index in [-0.39, 0.29) is 5.78 Å². The Labute approximate surface area is 199 Å². The molecule has 33 heavy (non-hydrogen) atoms. The molecule has 1 aliphatic heterocycles. The van der Waals surface area contributed by atoms with E-state index in [0.717, 1.165) is 38.4 Å². The smallest absolute Gasteiger partial charge is 0.195 e. The van der Waals surface area contributed by atoms with Crippen LogP contribution < -0.4 is 4.74 Å². The molecule has 0 N–H and O–H groups in total. The number of benzene rings is 3. The Morgan fingerprint density at radius 1 is 0.939 bits per heavy atom. The van der Waals surface area contributed by atoms with E-state index in [1.807, 2.05) is 42.5 Å². The molecule has 168 valence electrons. The molecule has 0 saturated carbocycles. The summed E-state index contributed by atoms with van der Waals surface area (Å²) in [6.07, 6.45) is 3.93. The van der Waals surface area contributed by atoms with Crippen LogP contribution in [0.1, 0.15) is 40.7 Å². The maximum absolute atomic E-state index is 13.7. The van der Waals surface area contributed by atoms with Gasteiger partial charge in [0.1, 0.15) is 12.4 Å².